The second kappa shape index (κ2) is 10.2. The van der Waals surface area contributed by atoms with Crippen LogP contribution in [0.1, 0.15) is 50.2 Å². The van der Waals surface area contributed by atoms with Gasteiger partial charge in [0.05, 0.1) is 6.61 Å². The van der Waals surface area contributed by atoms with Gasteiger partial charge in [-0.2, -0.15) is 0 Å². The fourth-order valence-electron chi connectivity index (χ4n) is 3.21. The fourth-order valence-corrected chi connectivity index (χ4v) is 3.21. The fraction of sp³-hybridized carbons (Fsp3) is 0.375. The summed E-state index contributed by atoms with van der Waals surface area (Å²) >= 11 is 0. The number of ether oxygens (including phenoxy) is 4. The predicted molar refractivity (Wildman–Crippen MR) is 111 cm³/mol. The molecule has 154 valence electrons. The molecule has 1 heterocycles. The Balaban J connectivity index is 1.87. The van der Waals surface area contributed by atoms with E-state index in [2.05, 4.69) is 20.4 Å². The van der Waals surface area contributed by atoms with Crippen LogP contribution >= 0.6 is 0 Å². The number of hydrogen-bond acceptors (Lipinski definition) is 5. The van der Waals surface area contributed by atoms with E-state index < -0.39 is 5.97 Å². The van der Waals surface area contributed by atoms with Gasteiger partial charge in [-0.05, 0) is 42.9 Å². The molecule has 0 spiro atoms. The Hall–Kier alpha value is -2.63. The molecular weight excluding hydrogens is 368 g/mol. The van der Waals surface area contributed by atoms with Gasteiger partial charge in [0.2, 0.25) is 0 Å². The topological polar surface area (TPSA) is 54.0 Å². The Morgan fingerprint density at radius 3 is 2.69 bits per heavy atom. The lowest BCUT2D eigenvalue weighted by Gasteiger charge is -2.23. The third kappa shape index (κ3) is 5.68. The largest absolute Gasteiger partial charge is 0.453 e. The van der Waals surface area contributed by atoms with Crippen molar-refractivity contribution >= 4 is 5.97 Å². The first kappa shape index (κ1) is 21.1. The van der Waals surface area contributed by atoms with E-state index in [1.54, 1.807) is 6.07 Å². The number of carbonyl (C=O) groups is 1. The molecule has 0 N–H and O–H groups in total. The molecule has 2 aromatic rings. The van der Waals surface area contributed by atoms with Crippen molar-refractivity contribution in [2.75, 3.05) is 6.61 Å². The van der Waals surface area contributed by atoms with Crippen LogP contribution in [0.25, 0.3) is 0 Å². The van der Waals surface area contributed by atoms with Crippen LogP contribution in [0.2, 0.25) is 0 Å². The summed E-state index contributed by atoms with van der Waals surface area (Å²) in [6.07, 6.45) is 3.89. The van der Waals surface area contributed by atoms with Gasteiger partial charge in [0, 0.05) is 18.2 Å². The van der Waals surface area contributed by atoms with Crippen molar-refractivity contribution in [3.8, 4) is 17.2 Å². The van der Waals surface area contributed by atoms with Crippen molar-refractivity contribution in [2.45, 2.75) is 51.9 Å². The van der Waals surface area contributed by atoms with E-state index >= 15 is 0 Å². The summed E-state index contributed by atoms with van der Waals surface area (Å²) in [5.74, 6) is 1.27. The molecule has 0 radical (unpaired) electrons. The lowest BCUT2D eigenvalue weighted by Crippen LogP contribution is -2.22. The SMILES string of the molecule is C=CC(=O)Oc1c(COC2CCCCO2)cccc1Oc1ccccc1C(C)C. The average Bonchev–Trinajstić information content (AvgIpc) is 2.74. The zero-order valence-corrected chi connectivity index (χ0v) is 17.1. The average molecular weight is 396 g/mol. The van der Waals surface area contributed by atoms with Crippen molar-refractivity contribution in [1.29, 1.82) is 0 Å². The number of benzene rings is 2. The molecule has 1 aliphatic rings. The minimum atomic E-state index is -0.548. The Bertz CT molecular complexity index is 837. The summed E-state index contributed by atoms with van der Waals surface area (Å²) in [5.41, 5.74) is 1.79. The normalized spacial score (nSPS) is 16.4. The maximum absolute atomic E-state index is 12.0. The lowest BCUT2D eigenvalue weighted by atomic mass is 10.0. The number of para-hydroxylation sites is 2. The highest BCUT2D eigenvalue weighted by Gasteiger charge is 2.19. The molecule has 1 aliphatic heterocycles. The molecule has 0 aromatic heterocycles. The summed E-state index contributed by atoms with van der Waals surface area (Å²) < 4.78 is 23.2. The van der Waals surface area contributed by atoms with Crippen LogP contribution in [0, 0.1) is 0 Å². The van der Waals surface area contributed by atoms with Gasteiger partial charge in [-0.3, -0.25) is 0 Å². The molecule has 0 aliphatic carbocycles. The third-order valence-electron chi connectivity index (χ3n) is 4.75. The number of carbonyl (C=O) groups excluding carboxylic acids is 1. The molecule has 29 heavy (non-hydrogen) atoms. The second-order valence-electron chi connectivity index (χ2n) is 7.27. The van der Waals surface area contributed by atoms with Gasteiger partial charge in [0.1, 0.15) is 5.75 Å². The predicted octanol–water partition coefficient (Wildman–Crippen LogP) is 5.74. The second-order valence-corrected chi connectivity index (χ2v) is 7.27. The summed E-state index contributed by atoms with van der Waals surface area (Å²) in [6, 6.07) is 13.3. The summed E-state index contributed by atoms with van der Waals surface area (Å²) in [4.78, 5) is 12.0. The van der Waals surface area contributed by atoms with Gasteiger partial charge >= 0.3 is 5.97 Å². The first-order chi connectivity index (χ1) is 14.1. The van der Waals surface area contributed by atoms with Gasteiger partial charge in [0.25, 0.3) is 0 Å². The molecule has 0 saturated carbocycles. The van der Waals surface area contributed by atoms with Crippen LogP contribution in [0.15, 0.2) is 55.1 Å². The molecule has 0 bridgehead atoms. The van der Waals surface area contributed by atoms with Crippen molar-refractivity contribution in [3.05, 3.63) is 66.2 Å². The smallest absolute Gasteiger partial charge is 0.335 e. The van der Waals surface area contributed by atoms with Gasteiger partial charge < -0.3 is 18.9 Å². The van der Waals surface area contributed by atoms with Crippen LogP contribution in [-0.2, 0) is 20.9 Å². The molecular formula is C24H28O5. The van der Waals surface area contributed by atoms with Gasteiger partial charge in [-0.25, -0.2) is 4.79 Å². The van der Waals surface area contributed by atoms with E-state index in [0.717, 1.165) is 36.7 Å². The standard InChI is InChI=1S/C24H28O5/c1-4-22(25)29-24-18(16-27-23-14-7-8-15-26-23)10-9-13-21(24)28-20-12-6-5-11-19(20)17(2)3/h4-6,9-13,17,23H,1,7-8,14-16H2,2-3H3. The van der Waals surface area contributed by atoms with E-state index in [4.69, 9.17) is 18.9 Å². The summed E-state index contributed by atoms with van der Waals surface area (Å²) in [7, 11) is 0. The van der Waals surface area contributed by atoms with E-state index in [0.29, 0.717) is 29.6 Å². The molecule has 2 aromatic carbocycles. The van der Waals surface area contributed by atoms with E-state index in [1.807, 2.05) is 36.4 Å². The van der Waals surface area contributed by atoms with Crippen LogP contribution in [-0.4, -0.2) is 18.9 Å². The van der Waals surface area contributed by atoms with Crippen LogP contribution in [0.4, 0.5) is 0 Å². The Labute approximate surface area is 172 Å². The zero-order valence-electron chi connectivity index (χ0n) is 17.1. The molecule has 1 unspecified atom stereocenters. The molecule has 5 heteroatoms. The van der Waals surface area contributed by atoms with Crippen molar-refractivity contribution in [2.24, 2.45) is 0 Å². The molecule has 3 rings (SSSR count). The number of esters is 1. The Morgan fingerprint density at radius 2 is 1.97 bits per heavy atom. The van der Waals surface area contributed by atoms with Crippen LogP contribution in [0.3, 0.4) is 0 Å². The minimum absolute atomic E-state index is 0.238. The van der Waals surface area contributed by atoms with E-state index in [1.165, 1.54) is 0 Å². The van der Waals surface area contributed by atoms with Crippen LogP contribution < -0.4 is 9.47 Å². The van der Waals surface area contributed by atoms with Crippen molar-refractivity contribution < 1.29 is 23.7 Å². The van der Waals surface area contributed by atoms with Crippen molar-refractivity contribution in [3.63, 3.8) is 0 Å². The van der Waals surface area contributed by atoms with Crippen molar-refractivity contribution in [1.82, 2.24) is 0 Å². The molecule has 0 amide bonds. The highest BCUT2D eigenvalue weighted by molar-refractivity contribution is 5.84. The lowest BCUT2D eigenvalue weighted by molar-refractivity contribution is -0.169. The quantitative estimate of drug-likeness (QED) is 0.324. The van der Waals surface area contributed by atoms with Crippen LogP contribution in [0.5, 0.6) is 17.2 Å². The maximum Gasteiger partial charge on any atom is 0.335 e. The maximum atomic E-state index is 12.0. The first-order valence-electron chi connectivity index (χ1n) is 10.0. The first-order valence-corrected chi connectivity index (χ1v) is 10.0. The Morgan fingerprint density at radius 1 is 1.17 bits per heavy atom. The highest BCUT2D eigenvalue weighted by atomic mass is 16.7. The Kier molecular flexibility index (Phi) is 7.44. The van der Waals surface area contributed by atoms with Gasteiger partial charge in [-0.15, -0.1) is 0 Å². The molecule has 5 nitrogen and oxygen atoms in total. The van der Waals surface area contributed by atoms with Gasteiger partial charge in [0.15, 0.2) is 17.8 Å². The summed E-state index contributed by atoms with van der Waals surface area (Å²) in [6.45, 7) is 8.67. The molecule has 1 saturated heterocycles. The zero-order chi connectivity index (χ0) is 20.6. The highest BCUT2D eigenvalue weighted by Crippen LogP contribution is 2.38. The monoisotopic (exact) mass is 396 g/mol. The van der Waals surface area contributed by atoms with E-state index in [9.17, 15) is 4.79 Å². The van der Waals surface area contributed by atoms with Gasteiger partial charge in [-0.1, -0.05) is 50.8 Å². The minimum Gasteiger partial charge on any atom is -0.453 e. The number of rotatable bonds is 8. The summed E-state index contributed by atoms with van der Waals surface area (Å²) in [5, 5.41) is 0. The molecule has 1 atom stereocenters. The molecule has 1 fully saturated rings. The third-order valence-corrected chi connectivity index (χ3v) is 4.75. The number of hydrogen-bond donors (Lipinski definition) is 0. The van der Waals surface area contributed by atoms with E-state index in [-0.39, 0.29) is 12.9 Å².